The van der Waals surface area contributed by atoms with Crippen LogP contribution in [0.15, 0.2) is 72.8 Å². The largest absolute Gasteiger partial charge is 0.573 e. The monoisotopic (exact) mass is 543 g/mol. The van der Waals surface area contributed by atoms with Crippen molar-refractivity contribution in [2.75, 3.05) is 20.2 Å². The Balaban J connectivity index is 1.33. The molecule has 0 N–H and O–H groups in total. The van der Waals surface area contributed by atoms with Crippen molar-refractivity contribution < 1.29 is 41.7 Å². The number of alkyl halides is 3. The first-order valence-electron chi connectivity index (χ1n) is 12.4. The number of hydrogen-bond acceptors (Lipinski definition) is 6. The number of nitrogens with zero attached hydrogens (tertiary/aromatic N) is 1. The van der Waals surface area contributed by atoms with Gasteiger partial charge in [-0.05, 0) is 35.4 Å². The molecule has 0 saturated carbocycles. The van der Waals surface area contributed by atoms with Crippen molar-refractivity contribution >= 4 is 11.9 Å². The Morgan fingerprint density at radius 3 is 2.21 bits per heavy atom. The average Bonchev–Trinajstić information content (AvgIpc) is 2.93. The third-order valence-corrected chi connectivity index (χ3v) is 6.21. The van der Waals surface area contributed by atoms with E-state index in [0.717, 1.165) is 5.56 Å². The van der Waals surface area contributed by atoms with Crippen LogP contribution < -0.4 is 14.2 Å². The van der Waals surface area contributed by atoms with Gasteiger partial charge in [0.05, 0.1) is 13.5 Å². The molecular formula is C29H28F3NO6. The molecule has 4 rings (SSSR count). The predicted molar refractivity (Wildman–Crippen MR) is 136 cm³/mol. The van der Waals surface area contributed by atoms with E-state index in [0.29, 0.717) is 49.6 Å². The first-order chi connectivity index (χ1) is 18.7. The van der Waals surface area contributed by atoms with E-state index < -0.39 is 12.3 Å². The number of likely N-dealkylation sites (tertiary alicyclic amines) is 1. The fraction of sp³-hybridized carbons (Fsp3) is 0.310. The number of piperidine rings is 1. The van der Waals surface area contributed by atoms with E-state index in [4.69, 9.17) is 14.2 Å². The molecule has 3 aromatic rings. The molecule has 7 nitrogen and oxygen atoms in total. The van der Waals surface area contributed by atoms with E-state index in [2.05, 4.69) is 4.74 Å². The summed E-state index contributed by atoms with van der Waals surface area (Å²) in [5.74, 6) is -0.111. The summed E-state index contributed by atoms with van der Waals surface area (Å²) in [6.45, 7) is 1.24. The van der Waals surface area contributed by atoms with Crippen molar-refractivity contribution in [3.05, 3.63) is 89.5 Å². The number of esters is 1. The second-order valence-electron chi connectivity index (χ2n) is 8.99. The van der Waals surface area contributed by atoms with Gasteiger partial charge in [-0.1, -0.05) is 42.5 Å². The molecule has 3 aromatic carbocycles. The summed E-state index contributed by atoms with van der Waals surface area (Å²) in [7, 11) is 1.30. The Bertz CT molecular complexity index is 1260. The van der Waals surface area contributed by atoms with Crippen LogP contribution in [0.4, 0.5) is 13.2 Å². The molecule has 0 unspecified atom stereocenters. The summed E-state index contributed by atoms with van der Waals surface area (Å²) in [6, 6.07) is 19.9. The summed E-state index contributed by atoms with van der Waals surface area (Å²) in [5, 5.41) is 0. The van der Waals surface area contributed by atoms with Gasteiger partial charge < -0.3 is 23.8 Å². The number of carbonyl (C=O) groups excluding carboxylic acids is 2. The molecule has 1 saturated heterocycles. The average molecular weight is 544 g/mol. The van der Waals surface area contributed by atoms with Gasteiger partial charge in [-0.3, -0.25) is 4.79 Å². The van der Waals surface area contributed by atoms with Crippen LogP contribution in [0.25, 0.3) is 0 Å². The molecule has 39 heavy (non-hydrogen) atoms. The Labute approximate surface area is 224 Å². The first kappa shape index (κ1) is 27.8. The molecule has 1 amide bonds. The molecule has 0 bridgehead atoms. The Morgan fingerprint density at radius 2 is 1.56 bits per heavy atom. The molecule has 0 aliphatic carbocycles. The topological polar surface area (TPSA) is 74.3 Å². The van der Waals surface area contributed by atoms with E-state index in [1.165, 1.54) is 31.4 Å². The predicted octanol–water partition coefficient (Wildman–Crippen LogP) is 5.56. The van der Waals surface area contributed by atoms with Crippen LogP contribution in [0.1, 0.15) is 34.3 Å². The summed E-state index contributed by atoms with van der Waals surface area (Å²) >= 11 is 0. The van der Waals surface area contributed by atoms with E-state index in [9.17, 15) is 22.8 Å². The second-order valence-corrected chi connectivity index (χ2v) is 8.99. The summed E-state index contributed by atoms with van der Waals surface area (Å²) in [4.78, 5) is 26.8. The van der Waals surface area contributed by atoms with Crippen LogP contribution in [0.5, 0.6) is 17.2 Å². The highest BCUT2D eigenvalue weighted by atomic mass is 19.4. The van der Waals surface area contributed by atoms with E-state index in [1.54, 1.807) is 23.1 Å². The summed E-state index contributed by atoms with van der Waals surface area (Å²) < 4.78 is 57.8. The number of halogens is 3. The van der Waals surface area contributed by atoms with Gasteiger partial charge in [0.25, 0.3) is 0 Å². The lowest BCUT2D eigenvalue weighted by Gasteiger charge is -2.32. The molecule has 0 radical (unpaired) electrons. The van der Waals surface area contributed by atoms with Crippen LogP contribution in [0.2, 0.25) is 0 Å². The zero-order valence-electron chi connectivity index (χ0n) is 21.3. The highest BCUT2D eigenvalue weighted by Gasteiger charge is 2.31. The highest BCUT2D eigenvalue weighted by Crippen LogP contribution is 2.29. The Hall–Kier alpha value is -4.21. The van der Waals surface area contributed by atoms with Gasteiger partial charge in [0.2, 0.25) is 5.91 Å². The summed E-state index contributed by atoms with van der Waals surface area (Å²) in [6.07, 6.45) is -3.86. The van der Waals surface area contributed by atoms with Crippen LogP contribution >= 0.6 is 0 Å². The van der Waals surface area contributed by atoms with Crippen molar-refractivity contribution in [3.63, 3.8) is 0 Å². The number of rotatable bonds is 9. The van der Waals surface area contributed by atoms with E-state index in [1.807, 2.05) is 30.3 Å². The quantitative estimate of drug-likeness (QED) is 0.329. The van der Waals surface area contributed by atoms with Crippen molar-refractivity contribution in [1.29, 1.82) is 0 Å². The molecule has 0 aromatic heterocycles. The van der Waals surface area contributed by atoms with Crippen LogP contribution in [-0.4, -0.2) is 49.4 Å². The fourth-order valence-electron chi connectivity index (χ4n) is 4.21. The molecule has 1 aliphatic heterocycles. The minimum Gasteiger partial charge on any atom is -0.489 e. The number of benzene rings is 3. The van der Waals surface area contributed by atoms with Crippen LogP contribution in [0.3, 0.4) is 0 Å². The van der Waals surface area contributed by atoms with Crippen molar-refractivity contribution in [2.45, 2.75) is 38.3 Å². The minimum atomic E-state index is -4.77. The van der Waals surface area contributed by atoms with Crippen molar-refractivity contribution in [2.24, 2.45) is 0 Å². The van der Waals surface area contributed by atoms with Gasteiger partial charge in [-0.2, -0.15) is 0 Å². The maximum Gasteiger partial charge on any atom is 0.573 e. The zero-order chi connectivity index (χ0) is 27.8. The molecular weight excluding hydrogens is 515 g/mol. The maximum atomic E-state index is 12.8. The standard InChI is InChI=1S/C29H28F3NO6/c1-36-28(35)25-12-11-24(37-19-21-5-3-2-4-6-21)18-26(25)38-22-13-15-33(16-14-22)27(34)17-20-7-9-23(10-8-20)39-29(30,31)32/h2-12,18,22H,13-17,19H2,1H3. The number of hydrogen-bond donors (Lipinski definition) is 0. The van der Waals surface area contributed by atoms with Gasteiger partial charge in [-0.25, -0.2) is 4.79 Å². The zero-order valence-corrected chi connectivity index (χ0v) is 21.3. The van der Waals surface area contributed by atoms with Gasteiger partial charge >= 0.3 is 12.3 Å². The highest BCUT2D eigenvalue weighted by molar-refractivity contribution is 5.92. The SMILES string of the molecule is COC(=O)c1ccc(OCc2ccccc2)cc1OC1CCN(C(=O)Cc2ccc(OC(F)(F)F)cc2)CC1. The fourth-order valence-corrected chi connectivity index (χ4v) is 4.21. The molecule has 0 spiro atoms. The van der Waals surface area contributed by atoms with E-state index >= 15 is 0 Å². The number of amides is 1. The van der Waals surface area contributed by atoms with Crippen molar-refractivity contribution in [3.8, 4) is 17.2 Å². The number of methoxy groups -OCH3 is 1. The molecule has 206 valence electrons. The smallest absolute Gasteiger partial charge is 0.489 e. The lowest BCUT2D eigenvalue weighted by molar-refractivity contribution is -0.274. The number of carbonyl (C=O) groups is 2. The first-order valence-corrected chi connectivity index (χ1v) is 12.4. The maximum absolute atomic E-state index is 12.8. The molecule has 0 atom stereocenters. The van der Waals surface area contributed by atoms with Gasteiger partial charge in [0, 0.05) is 32.0 Å². The number of ether oxygens (including phenoxy) is 4. The summed E-state index contributed by atoms with van der Waals surface area (Å²) in [5.41, 5.74) is 1.86. The second kappa shape index (κ2) is 12.6. The molecule has 1 fully saturated rings. The minimum absolute atomic E-state index is 0.0606. The van der Waals surface area contributed by atoms with Crippen LogP contribution in [0, 0.1) is 0 Å². The van der Waals surface area contributed by atoms with Crippen molar-refractivity contribution in [1.82, 2.24) is 4.90 Å². The Kier molecular flexibility index (Phi) is 8.96. The van der Waals surface area contributed by atoms with Gasteiger partial charge in [0.15, 0.2) is 0 Å². The molecule has 10 heteroatoms. The van der Waals surface area contributed by atoms with E-state index in [-0.39, 0.29) is 29.7 Å². The normalized spacial score (nSPS) is 14.0. The molecule has 1 aliphatic rings. The third kappa shape index (κ3) is 8.13. The lowest BCUT2D eigenvalue weighted by atomic mass is 10.1. The lowest BCUT2D eigenvalue weighted by Crippen LogP contribution is -2.42. The Morgan fingerprint density at radius 1 is 0.897 bits per heavy atom. The third-order valence-electron chi connectivity index (χ3n) is 6.21. The van der Waals surface area contributed by atoms with Gasteiger partial charge in [-0.15, -0.1) is 13.2 Å². The van der Waals surface area contributed by atoms with Gasteiger partial charge in [0.1, 0.15) is 35.5 Å². The van der Waals surface area contributed by atoms with Crippen LogP contribution in [-0.2, 0) is 22.6 Å². The molecule has 1 heterocycles.